The summed E-state index contributed by atoms with van der Waals surface area (Å²) in [7, 11) is 0. The molecule has 0 atom stereocenters. The zero-order valence-corrected chi connectivity index (χ0v) is 10.4. The first-order valence-electron chi connectivity index (χ1n) is 5.78. The highest BCUT2D eigenvalue weighted by Gasteiger charge is 2.09. The van der Waals surface area contributed by atoms with E-state index in [1.165, 1.54) is 11.6 Å². The number of nitrogens with one attached hydrogen (secondary N) is 2. The quantitative estimate of drug-likeness (QED) is 0.775. The predicted molar refractivity (Wildman–Crippen MR) is 71.5 cm³/mol. The van der Waals surface area contributed by atoms with Gasteiger partial charge in [-0.1, -0.05) is 26.0 Å². The lowest BCUT2D eigenvalue weighted by Gasteiger charge is -2.07. The van der Waals surface area contributed by atoms with Crippen LogP contribution in [0, 0.1) is 0 Å². The molecule has 0 aliphatic carbocycles. The lowest BCUT2D eigenvalue weighted by Crippen LogP contribution is -2.12. The van der Waals surface area contributed by atoms with Gasteiger partial charge in [-0.15, -0.1) is 0 Å². The molecule has 0 saturated heterocycles. The first-order chi connectivity index (χ1) is 8.56. The highest BCUT2D eigenvalue weighted by molar-refractivity contribution is 6.03. The van der Waals surface area contributed by atoms with Crippen LogP contribution in [0.3, 0.4) is 0 Å². The minimum Gasteiger partial charge on any atom is -0.382 e. The number of H-pyrrole nitrogens is 1. The molecular formula is C13H16N4O. The third-order valence-electron chi connectivity index (χ3n) is 2.68. The van der Waals surface area contributed by atoms with Crippen LogP contribution < -0.4 is 11.1 Å². The van der Waals surface area contributed by atoms with Gasteiger partial charge in [0, 0.05) is 11.8 Å². The second-order valence-electron chi connectivity index (χ2n) is 4.44. The summed E-state index contributed by atoms with van der Waals surface area (Å²) in [5, 5.41) is 9.05. The fraction of sp³-hybridized carbons (Fsp3) is 0.231. The number of nitrogens with zero attached hydrogens (tertiary/aromatic N) is 1. The predicted octanol–water partition coefficient (Wildman–Crippen LogP) is 2.37. The number of hydrogen-bond acceptors (Lipinski definition) is 3. The number of amides is 1. The van der Waals surface area contributed by atoms with E-state index < -0.39 is 0 Å². The number of carbonyl (C=O) groups excluding carboxylic acids is 1. The zero-order chi connectivity index (χ0) is 13.1. The minimum atomic E-state index is -0.253. The monoisotopic (exact) mass is 244 g/mol. The number of aromatic nitrogens is 2. The lowest BCUT2D eigenvalue weighted by molar-refractivity contribution is 0.102. The van der Waals surface area contributed by atoms with E-state index in [9.17, 15) is 4.79 Å². The second kappa shape index (κ2) is 4.91. The summed E-state index contributed by atoms with van der Waals surface area (Å²) in [6.45, 7) is 4.25. The van der Waals surface area contributed by atoms with Gasteiger partial charge in [0.25, 0.3) is 5.91 Å². The highest BCUT2D eigenvalue weighted by atomic mass is 16.1. The highest BCUT2D eigenvalue weighted by Crippen LogP contribution is 2.17. The molecule has 1 aromatic carbocycles. The maximum Gasteiger partial charge on any atom is 0.273 e. The number of carbonyl (C=O) groups is 1. The Bertz CT molecular complexity index is 542. The number of rotatable bonds is 3. The van der Waals surface area contributed by atoms with Crippen LogP contribution in [0.2, 0.25) is 0 Å². The molecule has 0 aliphatic heterocycles. The fourth-order valence-electron chi connectivity index (χ4n) is 1.60. The molecule has 0 fully saturated rings. The SMILES string of the molecule is CC(C)c1ccc(NC(=O)c2cc(N)n[nH]2)cc1. The van der Waals surface area contributed by atoms with E-state index >= 15 is 0 Å². The van der Waals surface area contributed by atoms with Crippen LogP contribution in [0.5, 0.6) is 0 Å². The topological polar surface area (TPSA) is 83.8 Å². The Morgan fingerprint density at radius 1 is 1.33 bits per heavy atom. The summed E-state index contributed by atoms with van der Waals surface area (Å²) >= 11 is 0. The molecule has 1 amide bonds. The summed E-state index contributed by atoms with van der Waals surface area (Å²) in [6, 6.07) is 9.26. The summed E-state index contributed by atoms with van der Waals surface area (Å²) in [5.74, 6) is 0.522. The molecule has 0 spiro atoms. The molecular weight excluding hydrogens is 228 g/mol. The van der Waals surface area contributed by atoms with E-state index in [0.717, 1.165) is 5.69 Å². The number of aromatic amines is 1. The van der Waals surface area contributed by atoms with Crippen molar-refractivity contribution in [2.45, 2.75) is 19.8 Å². The molecule has 18 heavy (non-hydrogen) atoms. The summed E-state index contributed by atoms with van der Waals surface area (Å²) in [5.41, 5.74) is 7.77. The molecule has 1 heterocycles. The molecule has 94 valence electrons. The Kier molecular flexibility index (Phi) is 3.32. The first kappa shape index (κ1) is 12.2. The van der Waals surface area contributed by atoms with Crippen LogP contribution in [0.4, 0.5) is 11.5 Å². The maximum absolute atomic E-state index is 11.8. The average Bonchev–Trinajstić information content (AvgIpc) is 2.76. The number of anilines is 2. The molecule has 0 saturated carbocycles. The van der Waals surface area contributed by atoms with Crippen molar-refractivity contribution in [2.24, 2.45) is 0 Å². The molecule has 1 aromatic heterocycles. The van der Waals surface area contributed by atoms with E-state index in [1.54, 1.807) is 0 Å². The van der Waals surface area contributed by atoms with Gasteiger partial charge < -0.3 is 11.1 Å². The van der Waals surface area contributed by atoms with Crippen molar-refractivity contribution in [2.75, 3.05) is 11.1 Å². The third-order valence-corrected chi connectivity index (χ3v) is 2.68. The average molecular weight is 244 g/mol. The molecule has 4 N–H and O–H groups in total. The molecule has 5 nitrogen and oxygen atoms in total. The van der Waals surface area contributed by atoms with Gasteiger partial charge in [-0.2, -0.15) is 5.10 Å². The third kappa shape index (κ3) is 2.68. The largest absolute Gasteiger partial charge is 0.382 e. The summed E-state index contributed by atoms with van der Waals surface area (Å²) in [4.78, 5) is 11.8. The van der Waals surface area contributed by atoms with Gasteiger partial charge in [0.05, 0.1) is 0 Å². The van der Waals surface area contributed by atoms with E-state index in [0.29, 0.717) is 17.4 Å². The van der Waals surface area contributed by atoms with Crippen molar-refractivity contribution >= 4 is 17.4 Å². The number of nitrogen functional groups attached to an aromatic ring is 1. The summed E-state index contributed by atoms with van der Waals surface area (Å²) < 4.78 is 0. The number of nitrogens with two attached hydrogens (primary N) is 1. The van der Waals surface area contributed by atoms with Crippen molar-refractivity contribution < 1.29 is 4.79 Å². The molecule has 0 bridgehead atoms. The number of benzene rings is 1. The molecule has 5 heteroatoms. The molecule has 0 unspecified atom stereocenters. The number of hydrogen-bond donors (Lipinski definition) is 3. The molecule has 0 aliphatic rings. The Morgan fingerprint density at radius 2 is 2.00 bits per heavy atom. The van der Waals surface area contributed by atoms with E-state index in [2.05, 4.69) is 29.4 Å². The van der Waals surface area contributed by atoms with Gasteiger partial charge >= 0.3 is 0 Å². The second-order valence-corrected chi connectivity index (χ2v) is 4.44. The van der Waals surface area contributed by atoms with Gasteiger partial charge in [0.1, 0.15) is 11.5 Å². The lowest BCUT2D eigenvalue weighted by atomic mass is 10.0. The zero-order valence-electron chi connectivity index (χ0n) is 10.4. The van der Waals surface area contributed by atoms with Crippen molar-refractivity contribution in [1.82, 2.24) is 10.2 Å². The van der Waals surface area contributed by atoms with Gasteiger partial charge in [0.2, 0.25) is 0 Å². The van der Waals surface area contributed by atoms with E-state index in [1.807, 2.05) is 24.3 Å². The van der Waals surface area contributed by atoms with E-state index in [4.69, 9.17) is 5.73 Å². The molecule has 2 rings (SSSR count). The summed E-state index contributed by atoms with van der Waals surface area (Å²) in [6.07, 6.45) is 0. The van der Waals surface area contributed by atoms with Crippen molar-refractivity contribution in [3.05, 3.63) is 41.6 Å². The Balaban J connectivity index is 2.07. The molecule has 2 aromatic rings. The van der Waals surface area contributed by atoms with Crippen molar-refractivity contribution in [1.29, 1.82) is 0 Å². The minimum absolute atomic E-state index is 0.253. The van der Waals surface area contributed by atoms with Crippen LogP contribution in [-0.2, 0) is 0 Å². The maximum atomic E-state index is 11.8. The van der Waals surface area contributed by atoms with Gasteiger partial charge in [0.15, 0.2) is 0 Å². The van der Waals surface area contributed by atoms with Crippen LogP contribution >= 0.6 is 0 Å². The fourth-order valence-corrected chi connectivity index (χ4v) is 1.60. The standard InChI is InChI=1S/C13H16N4O/c1-8(2)9-3-5-10(6-4-9)15-13(18)11-7-12(14)17-16-11/h3-8H,1-2H3,(H,15,18)(H3,14,16,17). The van der Waals surface area contributed by atoms with Crippen LogP contribution in [0.25, 0.3) is 0 Å². The normalized spacial score (nSPS) is 10.6. The Morgan fingerprint density at radius 3 is 2.50 bits per heavy atom. The smallest absolute Gasteiger partial charge is 0.273 e. The van der Waals surface area contributed by atoms with Gasteiger partial charge in [-0.3, -0.25) is 9.89 Å². The van der Waals surface area contributed by atoms with Crippen LogP contribution in [0.15, 0.2) is 30.3 Å². The Hall–Kier alpha value is -2.30. The molecule has 0 radical (unpaired) electrons. The van der Waals surface area contributed by atoms with Crippen LogP contribution in [-0.4, -0.2) is 16.1 Å². The first-order valence-corrected chi connectivity index (χ1v) is 5.78. The van der Waals surface area contributed by atoms with E-state index in [-0.39, 0.29) is 5.91 Å². The van der Waals surface area contributed by atoms with Crippen molar-refractivity contribution in [3.8, 4) is 0 Å². The van der Waals surface area contributed by atoms with Crippen LogP contribution in [0.1, 0.15) is 35.8 Å². The van der Waals surface area contributed by atoms with Crippen molar-refractivity contribution in [3.63, 3.8) is 0 Å². The van der Waals surface area contributed by atoms with Gasteiger partial charge in [-0.05, 0) is 23.6 Å². The van der Waals surface area contributed by atoms with Gasteiger partial charge in [-0.25, -0.2) is 0 Å². The Labute approximate surface area is 105 Å².